The number of fused-ring (bicyclic) bond motifs is 1. The molecule has 1 aliphatic rings. The summed E-state index contributed by atoms with van der Waals surface area (Å²) in [5.74, 6) is 0. The highest BCUT2D eigenvalue weighted by molar-refractivity contribution is 7.89. The third-order valence-corrected chi connectivity index (χ3v) is 7.65. The van der Waals surface area contributed by atoms with Crippen LogP contribution in [0.5, 0.6) is 0 Å². The van der Waals surface area contributed by atoms with Crippen LogP contribution in [-0.2, 0) is 16.6 Å². The molecule has 0 amide bonds. The van der Waals surface area contributed by atoms with Crippen molar-refractivity contribution in [2.45, 2.75) is 30.3 Å². The molecule has 0 saturated carbocycles. The Bertz CT molecular complexity index is 943. The summed E-state index contributed by atoms with van der Waals surface area (Å²) < 4.78 is 28.1. The van der Waals surface area contributed by atoms with Gasteiger partial charge in [0.25, 0.3) is 0 Å². The molecule has 1 fully saturated rings. The summed E-state index contributed by atoms with van der Waals surface area (Å²) in [5.41, 5.74) is 0. The van der Waals surface area contributed by atoms with Crippen molar-refractivity contribution in [3.8, 4) is 0 Å². The number of nitrogens with zero attached hydrogens (tertiary/aromatic N) is 2. The summed E-state index contributed by atoms with van der Waals surface area (Å²) in [4.78, 5) is 9.10. The molecule has 1 N–H and O–H groups in total. The molecule has 0 bridgehead atoms. The monoisotopic (exact) mass is 393 g/mol. The maximum atomic E-state index is 12.6. The first kappa shape index (κ1) is 17.1. The van der Waals surface area contributed by atoms with Gasteiger partial charge in [-0.15, -0.1) is 22.7 Å². The third-order valence-electron chi connectivity index (χ3n) is 4.46. The van der Waals surface area contributed by atoms with E-state index < -0.39 is 10.0 Å². The van der Waals surface area contributed by atoms with E-state index in [1.165, 1.54) is 22.4 Å². The predicted octanol–water partition coefficient (Wildman–Crippen LogP) is 3.30. The van der Waals surface area contributed by atoms with Crippen LogP contribution in [0.2, 0.25) is 0 Å². The summed E-state index contributed by atoms with van der Waals surface area (Å²) in [7, 11) is -3.52. The molecule has 0 atom stereocenters. The van der Waals surface area contributed by atoms with E-state index in [1.807, 2.05) is 11.4 Å². The van der Waals surface area contributed by atoms with Crippen LogP contribution < -0.4 is 4.72 Å². The molecule has 8 heteroatoms. The normalized spacial score (nSPS) is 17.3. The molecular formula is C17H19N3O2S3. The van der Waals surface area contributed by atoms with Gasteiger partial charge in [-0.2, -0.15) is 0 Å². The zero-order chi connectivity index (χ0) is 17.3. The van der Waals surface area contributed by atoms with E-state index in [-0.39, 0.29) is 10.9 Å². The lowest BCUT2D eigenvalue weighted by Crippen LogP contribution is -2.44. The van der Waals surface area contributed by atoms with Gasteiger partial charge in [-0.3, -0.25) is 4.90 Å². The molecule has 0 radical (unpaired) electrons. The first-order valence-corrected chi connectivity index (χ1v) is 11.4. The van der Waals surface area contributed by atoms with Gasteiger partial charge in [0.05, 0.1) is 0 Å². The van der Waals surface area contributed by atoms with Gasteiger partial charge in [0.1, 0.15) is 9.73 Å². The van der Waals surface area contributed by atoms with Crippen molar-refractivity contribution in [3.05, 3.63) is 46.1 Å². The minimum absolute atomic E-state index is 0.0113. The summed E-state index contributed by atoms with van der Waals surface area (Å²) in [6.45, 7) is 2.77. The molecule has 0 spiro atoms. The second-order valence-corrected chi connectivity index (χ2v) is 9.88. The highest BCUT2D eigenvalue weighted by atomic mass is 32.2. The van der Waals surface area contributed by atoms with Crippen LogP contribution in [-0.4, -0.2) is 37.4 Å². The van der Waals surface area contributed by atoms with Crippen LogP contribution in [0.4, 0.5) is 0 Å². The lowest BCUT2D eigenvalue weighted by Gasteiger charge is -2.31. The van der Waals surface area contributed by atoms with Crippen LogP contribution in [0, 0.1) is 0 Å². The maximum Gasteiger partial charge on any atom is 0.242 e. The van der Waals surface area contributed by atoms with Gasteiger partial charge in [0, 0.05) is 42.1 Å². The quantitative estimate of drug-likeness (QED) is 0.722. The molecule has 0 aliphatic carbocycles. The molecule has 5 nitrogen and oxygen atoms in total. The van der Waals surface area contributed by atoms with Crippen molar-refractivity contribution in [1.29, 1.82) is 0 Å². The minimum Gasteiger partial charge on any atom is -0.298 e. The number of pyridine rings is 1. The Morgan fingerprint density at radius 1 is 1.20 bits per heavy atom. The molecule has 132 valence electrons. The molecule has 4 rings (SSSR count). The fraction of sp³-hybridized carbons (Fsp3) is 0.353. The number of nitrogens with one attached hydrogen (secondary N) is 1. The second kappa shape index (κ2) is 7.13. The number of hydrogen-bond acceptors (Lipinski definition) is 6. The number of thiophene rings is 2. The molecule has 3 aromatic rings. The van der Waals surface area contributed by atoms with Gasteiger partial charge in [-0.1, -0.05) is 6.07 Å². The van der Waals surface area contributed by atoms with Crippen LogP contribution in [0.15, 0.2) is 46.1 Å². The van der Waals surface area contributed by atoms with E-state index in [9.17, 15) is 8.42 Å². The highest BCUT2D eigenvalue weighted by Gasteiger charge is 2.25. The zero-order valence-corrected chi connectivity index (χ0v) is 16.0. The standard InChI is InChI=1S/C17H19N3O2S3/c21-25(22,16-10-13-5-9-24-17(13)18-11-16)19-14-3-6-20(7-4-14)12-15-2-1-8-23-15/h1-2,5,8-11,14,19H,3-4,6-7,12H2. The lowest BCUT2D eigenvalue weighted by atomic mass is 10.1. The van der Waals surface area contributed by atoms with E-state index in [0.29, 0.717) is 0 Å². The first-order valence-electron chi connectivity index (χ1n) is 8.20. The fourth-order valence-electron chi connectivity index (χ4n) is 3.10. The van der Waals surface area contributed by atoms with E-state index >= 15 is 0 Å². The Morgan fingerprint density at radius 2 is 2.04 bits per heavy atom. The number of likely N-dealkylation sites (tertiary alicyclic amines) is 1. The average Bonchev–Trinajstić information content (AvgIpc) is 3.27. The summed E-state index contributed by atoms with van der Waals surface area (Å²) in [6, 6.07) is 7.80. The van der Waals surface area contributed by atoms with Crippen LogP contribution >= 0.6 is 22.7 Å². The summed E-state index contributed by atoms with van der Waals surface area (Å²) in [6.07, 6.45) is 3.12. The smallest absolute Gasteiger partial charge is 0.242 e. The predicted molar refractivity (Wildman–Crippen MR) is 103 cm³/mol. The van der Waals surface area contributed by atoms with Crippen LogP contribution in [0.25, 0.3) is 10.2 Å². The Balaban J connectivity index is 1.38. The zero-order valence-electron chi connectivity index (χ0n) is 13.6. The molecule has 0 unspecified atom stereocenters. The molecular weight excluding hydrogens is 374 g/mol. The second-order valence-electron chi connectivity index (χ2n) is 6.24. The largest absolute Gasteiger partial charge is 0.298 e. The van der Waals surface area contributed by atoms with Gasteiger partial charge in [0.2, 0.25) is 10.0 Å². The summed E-state index contributed by atoms with van der Waals surface area (Å²) in [5, 5.41) is 4.89. The molecule has 1 saturated heterocycles. The van der Waals surface area contributed by atoms with Gasteiger partial charge in [-0.05, 0) is 41.8 Å². The number of hydrogen-bond donors (Lipinski definition) is 1. The van der Waals surface area contributed by atoms with Gasteiger partial charge in [0.15, 0.2) is 0 Å². The van der Waals surface area contributed by atoms with Crippen molar-refractivity contribution in [3.63, 3.8) is 0 Å². The Hall–Kier alpha value is -1.32. The van der Waals surface area contributed by atoms with Gasteiger partial charge >= 0.3 is 0 Å². The van der Waals surface area contributed by atoms with E-state index in [2.05, 4.69) is 32.1 Å². The molecule has 0 aromatic carbocycles. The molecule has 4 heterocycles. The van der Waals surface area contributed by atoms with Crippen molar-refractivity contribution in [2.75, 3.05) is 13.1 Å². The minimum atomic E-state index is -3.52. The molecule has 25 heavy (non-hydrogen) atoms. The lowest BCUT2D eigenvalue weighted by molar-refractivity contribution is 0.201. The topological polar surface area (TPSA) is 62.3 Å². The van der Waals surface area contributed by atoms with Crippen LogP contribution in [0.1, 0.15) is 17.7 Å². The van der Waals surface area contributed by atoms with Gasteiger partial charge in [-0.25, -0.2) is 18.1 Å². The number of rotatable bonds is 5. The molecule has 1 aliphatic heterocycles. The Morgan fingerprint density at radius 3 is 2.80 bits per heavy atom. The Kier molecular flexibility index (Phi) is 4.88. The van der Waals surface area contributed by atoms with Crippen molar-refractivity contribution < 1.29 is 8.42 Å². The van der Waals surface area contributed by atoms with E-state index in [4.69, 9.17) is 0 Å². The first-order chi connectivity index (χ1) is 12.1. The number of piperidine rings is 1. The van der Waals surface area contributed by atoms with Crippen molar-refractivity contribution in [2.24, 2.45) is 0 Å². The summed E-state index contributed by atoms with van der Waals surface area (Å²) >= 11 is 3.28. The Labute approximate surface area is 155 Å². The van der Waals surface area contributed by atoms with Crippen molar-refractivity contribution >= 4 is 42.9 Å². The number of aromatic nitrogens is 1. The van der Waals surface area contributed by atoms with E-state index in [1.54, 1.807) is 17.4 Å². The van der Waals surface area contributed by atoms with E-state index in [0.717, 1.165) is 42.7 Å². The highest BCUT2D eigenvalue weighted by Crippen LogP contribution is 2.22. The maximum absolute atomic E-state index is 12.6. The number of sulfonamides is 1. The van der Waals surface area contributed by atoms with Crippen LogP contribution in [0.3, 0.4) is 0 Å². The SMILES string of the molecule is O=S(=O)(NC1CCN(Cc2cccs2)CC1)c1cnc2sccc2c1. The third kappa shape index (κ3) is 3.93. The molecule has 3 aromatic heterocycles. The average molecular weight is 394 g/mol. The van der Waals surface area contributed by atoms with Crippen molar-refractivity contribution in [1.82, 2.24) is 14.6 Å². The fourth-order valence-corrected chi connectivity index (χ4v) is 5.86. The van der Waals surface area contributed by atoms with Gasteiger partial charge < -0.3 is 0 Å².